The first-order valence-electron chi connectivity index (χ1n) is 14.6. The molecule has 2 N–H and O–H groups in total. The van der Waals surface area contributed by atoms with E-state index in [2.05, 4.69) is 9.55 Å². The summed E-state index contributed by atoms with van der Waals surface area (Å²) in [5.74, 6) is 1.14. The van der Waals surface area contributed by atoms with E-state index in [4.69, 9.17) is 30.4 Å². The number of rotatable bonds is 10. The number of pyridine rings is 1. The Morgan fingerprint density at radius 1 is 1.18 bits per heavy atom. The van der Waals surface area contributed by atoms with Crippen LogP contribution in [0.3, 0.4) is 0 Å². The lowest BCUT2D eigenvalue weighted by Gasteiger charge is -2.40. The van der Waals surface area contributed by atoms with Gasteiger partial charge >= 0.3 is 0 Å². The SMILES string of the molecule is [B]C(O)(Oc1cccc2cc(-c3nc4cc5c(nc4n3C)CCN(CCCF)C5=O)n(CC3CC3)c12)C([B])(O)n1ccnc1. The number of para-hydroxylation sites is 1. The molecule has 2 aliphatic rings. The summed E-state index contributed by atoms with van der Waals surface area (Å²) in [6.07, 6.45) is 7.01. The first kappa shape index (κ1) is 28.6. The Hall–Kier alpha value is -4.16. The Labute approximate surface area is 255 Å². The number of aliphatic hydroxyl groups is 2. The van der Waals surface area contributed by atoms with Crippen LogP contribution in [0.4, 0.5) is 4.39 Å². The molecule has 2 atom stereocenters. The average Bonchev–Trinajstić information content (AvgIpc) is 3.35. The lowest BCUT2D eigenvalue weighted by atomic mass is 9.72. The first-order chi connectivity index (χ1) is 21.1. The number of carbonyl (C=O) groups is 1. The minimum absolute atomic E-state index is 0.157. The molecule has 222 valence electrons. The Bertz CT molecular complexity index is 1880. The van der Waals surface area contributed by atoms with Crippen LogP contribution >= 0.6 is 0 Å². The number of fused-ring (bicyclic) bond motifs is 3. The number of halogens is 1. The predicted molar refractivity (Wildman–Crippen MR) is 162 cm³/mol. The molecule has 5 aromatic rings. The van der Waals surface area contributed by atoms with Gasteiger partial charge in [0, 0.05) is 50.9 Å². The van der Waals surface area contributed by atoms with Crippen LogP contribution in [0.2, 0.25) is 0 Å². The van der Waals surface area contributed by atoms with Crippen molar-refractivity contribution in [1.29, 1.82) is 0 Å². The monoisotopic (exact) mass is 593 g/mol. The molecule has 0 spiro atoms. The Balaban J connectivity index is 1.32. The molecule has 5 heterocycles. The summed E-state index contributed by atoms with van der Waals surface area (Å²) in [6.45, 7) is 1.06. The van der Waals surface area contributed by atoms with Crippen LogP contribution in [0.5, 0.6) is 5.75 Å². The number of hydrogen-bond donors (Lipinski definition) is 2. The van der Waals surface area contributed by atoms with Crippen LogP contribution in [0.15, 0.2) is 49.1 Å². The molecule has 44 heavy (non-hydrogen) atoms. The molecule has 11 nitrogen and oxygen atoms in total. The first-order valence-corrected chi connectivity index (χ1v) is 14.6. The van der Waals surface area contributed by atoms with Gasteiger partial charge in [-0.05, 0) is 43.4 Å². The molecule has 14 heteroatoms. The highest BCUT2D eigenvalue weighted by Crippen LogP contribution is 2.40. The van der Waals surface area contributed by atoms with Crippen molar-refractivity contribution in [2.45, 2.75) is 43.5 Å². The maximum atomic E-state index is 13.2. The number of benzene rings is 1. The fourth-order valence-corrected chi connectivity index (χ4v) is 5.92. The molecule has 4 radical (unpaired) electrons. The molecule has 7 rings (SSSR count). The number of aromatic nitrogens is 6. The van der Waals surface area contributed by atoms with Crippen molar-refractivity contribution in [1.82, 2.24) is 33.6 Å². The molecule has 2 unspecified atom stereocenters. The van der Waals surface area contributed by atoms with E-state index in [1.165, 1.54) is 18.7 Å². The van der Waals surface area contributed by atoms with E-state index in [0.29, 0.717) is 72.2 Å². The molecule has 1 aromatic carbocycles. The second-order valence-corrected chi connectivity index (χ2v) is 11.7. The molecule has 1 aliphatic heterocycles. The van der Waals surface area contributed by atoms with Gasteiger partial charge in [-0.15, -0.1) is 0 Å². The second-order valence-electron chi connectivity index (χ2n) is 11.7. The maximum Gasteiger partial charge on any atom is 0.255 e. The van der Waals surface area contributed by atoms with Crippen molar-refractivity contribution in [3.05, 3.63) is 60.3 Å². The van der Waals surface area contributed by atoms with Gasteiger partial charge in [0.15, 0.2) is 32.9 Å². The number of hydrogen-bond acceptors (Lipinski definition) is 7. The minimum Gasteiger partial charge on any atom is -0.466 e. The van der Waals surface area contributed by atoms with E-state index >= 15 is 0 Å². The van der Waals surface area contributed by atoms with Gasteiger partial charge in [-0.25, -0.2) is 15.0 Å². The third kappa shape index (κ3) is 4.67. The van der Waals surface area contributed by atoms with Gasteiger partial charge in [0.2, 0.25) is 0 Å². The van der Waals surface area contributed by atoms with Crippen LogP contribution < -0.4 is 4.74 Å². The van der Waals surface area contributed by atoms with Crippen LogP contribution in [0, 0.1) is 5.92 Å². The number of alkyl halides is 1. The molecule has 1 fully saturated rings. The molecular formula is C30H30B2FN7O4. The summed E-state index contributed by atoms with van der Waals surface area (Å²) in [5.41, 5.74) is -1.41. The lowest BCUT2D eigenvalue weighted by Crippen LogP contribution is -2.60. The number of imidazole rings is 2. The minimum atomic E-state index is -2.73. The molecular weight excluding hydrogens is 563 g/mol. The fraction of sp³-hybridized carbons (Fsp3) is 0.400. The molecule has 4 aromatic heterocycles. The van der Waals surface area contributed by atoms with Gasteiger partial charge in [0.1, 0.15) is 16.9 Å². The third-order valence-corrected chi connectivity index (χ3v) is 8.56. The topological polar surface area (TPSA) is 123 Å². The Kier molecular flexibility index (Phi) is 6.81. The van der Waals surface area contributed by atoms with E-state index in [-0.39, 0.29) is 11.7 Å². The van der Waals surface area contributed by atoms with Crippen molar-refractivity contribution in [2.75, 3.05) is 19.8 Å². The Morgan fingerprint density at radius 2 is 2.00 bits per heavy atom. The Morgan fingerprint density at radius 3 is 2.73 bits per heavy atom. The van der Waals surface area contributed by atoms with Gasteiger partial charge < -0.3 is 33.6 Å². The van der Waals surface area contributed by atoms with Crippen molar-refractivity contribution >= 4 is 43.7 Å². The van der Waals surface area contributed by atoms with E-state index in [1.807, 2.05) is 23.7 Å². The summed E-state index contributed by atoms with van der Waals surface area (Å²) in [5, 5.41) is 22.9. The smallest absolute Gasteiger partial charge is 0.255 e. The van der Waals surface area contributed by atoms with E-state index < -0.39 is 18.0 Å². The van der Waals surface area contributed by atoms with E-state index in [9.17, 15) is 19.4 Å². The molecule has 1 amide bonds. The molecule has 0 saturated heterocycles. The zero-order valence-electron chi connectivity index (χ0n) is 24.2. The summed E-state index contributed by atoms with van der Waals surface area (Å²) >= 11 is 0. The largest absolute Gasteiger partial charge is 0.466 e. The van der Waals surface area contributed by atoms with E-state index in [1.54, 1.807) is 23.1 Å². The van der Waals surface area contributed by atoms with Gasteiger partial charge in [-0.2, -0.15) is 0 Å². The van der Waals surface area contributed by atoms with Crippen molar-refractivity contribution in [3.8, 4) is 17.3 Å². The summed E-state index contributed by atoms with van der Waals surface area (Å²) < 4.78 is 23.7. The second kappa shape index (κ2) is 10.5. The maximum absolute atomic E-state index is 13.2. The van der Waals surface area contributed by atoms with Crippen molar-refractivity contribution in [3.63, 3.8) is 0 Å². The van der Waals surface area contributed by atoms with Crippen LogP contribution in [0.1, 0.15) is 35.3 Å². The van der Waals surface area contributed by atoms with Crippen LogP contribution in [-0.4, -0.2) is 90.8 Å². The third-order valence-electron chi connectivity index (χ3n) is 8.56. The zero-order valence-corrected chi connectivity index (χ0v) is 24.2. The molecule has 0 bridgehead atoms. The number of ether oxygens (including phenoxy) is 1. The highest BCUT2D eigenvalue weighted by atomic mass is 19.1. The van der Waals surface area contributed by atoms with Crippen molar-refractivity contribution in [2.24, 2.45) is 13.0 Å². The number of nitrogens with zero attached hydrogens (tertiary/aromatic N) is 7. The summed E-state index contributed by atoms with van der Waals surface area (Å²) in [6, 6.07) is 9.09. The summed E-state index contributed by atoms with van der Waals surface area (Å²) in [7, 11) is 14.0. The highest BCUT2D eigenvalue weighted by Gasteiger charge is 2.44. The normalized spacial score (nSPS) is 18.0. The zero-order chi connectivity index (χ0) is 30.8. The molecule has 1 saturated carbocycles. The number of amides is 1. The van der Waals surface area contributed by atoms with E-state index in [0.717, 1.165) is 28.5 Å². The van der Waals surface area contributed by atoms with Crippen LogP contribution in [0.25, 0.3) is 33.6 Å². The van der Waals surface area contributed by atoms with Gasteiger partial charge in [0.25, 0.3) is 5.91 Å². The fourth-order valence-electron chi connectivity index (χ4n) is 5.92. The quantitative estimate of drug-likeness (QED) is 0.188. The van der Waals surface area contributed by atoms with Gasteiger partial charge in [0.05, 0.1) is 35.5 Å². The van der Waals surface area contributed by atoms with Crippen LogP contribution in [-0.2, 0) is 25.6 Å². The van der Waals surface area contributed by atoms with Gasteiger partial charge in [-0.3, -0.25) is 9.18 Å². The summed E-state index contributed by atoms with van der Waals surface area (Å²) in [4.78, 5) is 28.5. The highest BCUT2D eigenvalue weighted by molar-refractivity contribution is 6.23. The lowest BCUT2D eigenvalue weighted by molar-refractivity contribution is -0.198. The van der Waals surface area contributed by atoms with Crippen molar-refractivity contribution < 1.29 is 24.1 Å². The predicted octanol–water partition coefficient (Wildman–Crippen LogP) is 2.22. The standard InChI is InChI=1S/C30H30B2FN7O4/c1-37-26-22(15-20-21(35-26)8-12-38(28(20)41)11-3-9-33)36-27(37)23-14-19-4-2-5-24(25(19)40(23)16-18-6-7-18)44-30(32,43)29(31,42)39-13-10-34-17-39/h2,4-5,10,13-15,17-18,42-43H,3,6-9,11-12,16H2,1H3. The number of carbonyl (C=O) groups excluding carboxylic acids is 1. The number of aryl methyl sites for hydroxylation is 1. The van der Waals surface area contributed by atoms with Gasteiger partial charge in [-0.1, -0.05) is 12.1 Å². The molecule has 1 aliphatic carbocycles. The average molecular weight is 593 g/mol.